The predicted molar refractivity (Wildman–Crippen MR) is 76.1 cm³/mol. The molecule has 1 aliphatic heterocycles. The lowest BCUT2D eigenvalue weighted by atomic mass is 9.96. The number of aromatic nitrogens is 2. The van der Waals surface area contributed by atoms with Gasteiger partial charge in [0, 0.05) is 10.5 Å². The summed E-state index contributed by atoms with van der Waals surface area (Å²) >= 11 is 3.37. The van der Waals surface area contributed by atoms with Gasteiger partial charge in [-0.15, -0.1) is 0 Å². The Hall–Kier alpha value is -1.89. The van der Waals surface area contributed by atoms with Crippen molar-refractivity contribution in [2.45, 2.75) is 25.3 Å². The summed E-state index contributed by atoms with van der Waals surface area (Å²) in [4.78, 5) is 37.3. The number of hydrogen-bond acceptors (Lipinski definition) is 3. The van der Waals surface area contributed by atoms with Gasteiger partial charge in [-0.05, 0) is 30.5 Å². The second-order valence-electron chi connectivity index (χ2n) is 4.88. The van der Waals surface area contributed by atoms with Gasteiger partial charge in [0.05, 0.1) is 17.5 Å². The van der Waals surface area contributed by atoms with Crippen molar-refractivity contribution in [2.24, 2.45) is 0 Å². The third kappa shape index (κ3) is 1.98. The number of nitrogens with zero attached hydrogens (tertiary/aromatic N) is 1. The summed E-state index contributed by atoms with van der Waals surface area (Å²) in [6.07, 6.45) is 1.06. The Bertz CT molecular complexity index is 837. The molecule has 0 saturated heterocycles. The van der Waals surface area contributed by atoms with E-state index in [-0.39, 0.29) is 6.42 Å². The van der Waals surface area contributed by atoms with Gasteiger partial charge in [0.25, 0.3) is 0 Å². The number of carboxylic acid groups (broad SMARTS) is 1. The zero-order chi connectivity index (χ0) is 14.4. The zero-order valence-electron chi connectivity index (χ0n) is 10.4. The molecule has 1 aromatic heterocycles. The summed E-state index contributed by atoms with van der Waals surface area (Å²) in [6, 6.07) is 3.14. The van der Waals surface area contributed by atoms with Crippen LogP contribution in [0.4, 0.5) is 0 Å². The maximum Gasteiger partial charge on any atom is 0.317 e. The molecule has 0 bridgehead atoms. The van der Waals surface area contributed by atoms with Crippen LogP contribution in [0.1, 0.15) is 24.4 Å². The van der Waals surface area contributed by atoms with E-state index in [9.17, 15) is 14.4 Å². The summed E-state index contributed by atoms with van der Waals surface area (Å²) in [7, 11) is 0. The summed E-state index contributed by atoms with van der Waals surface area (Å²) in [5.74, 6) is -0.976. The molecule has 0 fully saturated rings. The van der Waals surface area contributed by atoms with E-state index in [1.807, 2.05) is 6.07 Å². The molecule has 0 spiro atoms. The van der Waals surface area contributed by atoms with Crippen molar-refractivity contribution >= 4 is 32.9 Å². The number of carbonyl (C=O) groups is 1. The second-order valence-corrected chi connectivity index (χ2v) is 5.80. The first-order chi connectivity index (χ1) is 9.47. The molecule has 20 heavy (non-hydrogen) atoms. The summed E-state index contributed by atoms with van der Waals surface area (Å²) in [5, 5.41) is 8.96. The quantitative estimate of drug-likeness (QED) is 0.810. The smallest absolute Gasteiger partial charge is 0.317 e. The van der Waals surface area contributed by atoms with Crippen LogP contribution in [-0.4, -0.2) is 20.6 Å². The second kappa shape index (κ2) is 4.59. The van der Waals surface area contributed by atoms with Gasteiger partial charge in [-0.25, -0.2) is 0 Å². The molecule has 0 saturated carbocycles. The third-order valence-corrected chi connectivity index (χ3v) is 4.04. The van der Waals surface area contributed by atoms with E-state index >= 15 is 0 Å². The molecule has 2 aromatic rings. The molecule has 2 N–H and O–H groups in total. The van der Waals surface area contributed by atoms with Crippen molar-refractivity contribution < 1.29 is 9.90 Å². The van der Waals surface area contributed by atoms with Gasteiger partial charge in [-0.3, -0.25) is 19.0 Å². The SMILES string of the molecule is O=C(O)C[C@@H]1CCc2cc(Br)cc3[nH]c(=O)c(=O)n1c23. The molecule has 1 atom stereocenters. The lowest BCUT2D eigenvalue weighted by Crippen LogP contribution is -2.40. The maximum atomic E-state index is 12.1. The van der Waals surface area contributed by atoms with Crippen LogP contribution in [0.25, 0.3) is 11.0 Å². The van der Waals surface area contributed by atoms with Crippen LogP contribution >= 0.6 is 15.9 Å². The number of halogens is 1. The Labute approximate surface area is 121 Å². The average Bonchev–Trinajstić information content (AvgIpc) is 2.36. The van der Waals surface area contributed by atoms with Crippen molar-refractivity contribution in [2.75, 3.05) is 0 Å². The fraction of sp³-hybridized carbons (Fsp3) is 0.308. The lowest BCUT2D eigenvalue weighted by Gasteiger charge is -2.26. The molecule has 0 amide bonds. The van der Waals surface area contributed by atoms with Crippen LogP contribution in [-0.2, 0) is 11.2 Å². The molecule has 1 aromatic carbocycles. The molecular formula is C13H11BrN2O4. The van der Waals surface area contributed by atoms with E-state index in [2.05, 4.69) is 20.9 Å². The van der Waals surface area contributed by atoms with Crippen molar-refractivity contribution in [1.82, 2.24) is 9.55 Å². The first-order valence-electron chi connectivity index (χ1n) is 6.16. The molecule has 3 rings (SSSR count). The largest absolute Gasteiger partial charge is 0.481 e. The third-order valence-electron chi connectivity index (χ3n) is 3.58. The number of benzene rings is 1. The van der Waals surface area contributed by atoms with Crippen molar-refractivity contribution in [1.29, 1.82) is 0 Å². The summed E-state index contributed by atoms with van der Waals surface area (Å²) in [5.41, 5.74) is 0.708. The van der Waals surface area contributed by atoms with Gasteiger partial charge in [-0.2, -0.15) is 0 Å². The van der Waals surface area contributed by atoms with Crippen LogP contribution in [0.2, 0.25) is 0 Å². The number of aliphatic carboxylic acids is 1. The minimum absolute atomic E-state index is 0.159. The van der Waals surface area contributed by atoms with E-state index in [0.717, 1.165) is 10.0 Å². The Morgan fingerprint density at radius 2 is 2.20 bits per heavy atom. The standard InChI is InChI=1S/C13H11BrN2O4/c14-7-3-6-1-2-8(5-10(17)18)16-11(6)9(4-7)15-12(19)13(16)20/h3-4,8H,1-2,5H2,(H,15,19)(H,17,18)/t8-/m0/s1. The molecule has 0 unspecified atom stereocenters. The molecule has 2 heterocycles. The molecular weight excluding hydrogens is 328 g/mol. The Kier molecular flexibility index (Phi) is 3.01. The molecule has 104 valence electrons. The Morgan fingerprint density at radius 1 is 1.45 bits per heavy atom. The van der Waals surface area contributed by atoms with E-state index < -0.39 is 23.1 Å². The Morgan fingerprint density at radius 3 is 2.90 bits per heavy atom. The normalized spacial score (nSPS) is 17.4. The highest BCUT2D eigenvalue weighted by atomic mass is 79.9. The fourth-order valence-electron chi connectivity index (χ4n) is 2.81. The Balaban J connectivity index is 2.39. The first kappa shape index (κ1) is 13.1. The zero-order valence-corrected chi connectivity index (χ0v) is 11.9. The number of hydrogen-bond donors (Lipinski definition) is 2. The highest BCUT2D eigenvalue weighted by molar-refractivity contribution is 9.10. The minimum Gasteiger partial charge on any atom is -0.481 e. The van der Waals surface area contributed by atoms with Gasteiger partial charge in [0.1, 0.15) is 0 Å². The summed E-state index contributed by atoms with van der Waals surface area (Å²) < 4.78 is 2.16. The van der Waals surface area contributed by atoms with E-state index in [4.69, 9.17) is 5.11 Å². The van der Waals surface area contributed by atoms with Gasteiger partial charge in [0.2, 0.25) is 0 Å². The van der Waals surface area contributed by atoms with Crippen LogP contribution in [0.3, 0.4) is 0 Å². The van der Waals surface area contributed by atoms with E-state index in [1.165, 1.54) is 4.57 Å². The minimum atomic E-state index is -0.976. The molecule has 0 radical (unpaired) electrons. The first-order valence-corrected chi connectivity index (χ1v) is 6.95. The van der Waals surface area contributed by atoms with Gasteiger partial charge < -0.3 is 10.1 Å². The molecule has 6 nitrogen and oxygen atoms in total. The topological polar surface area (TPSA) is 92.2 Å². The van der Waals surface area contributed by atoms with Gasteiger partial charge >= 0.3 is 17.1 Å². The van der Waals surface area contributed by atoms with Crippen molar-refractivity contribution in [3.63, 3.8) is 0 Å². The van der Waals surface area contributed by atoms with Crippen molar-refractivity contribution in [3.8, 4) is 0 Å². The monoisotopic (exact) mass is 338 g/mol. The average molecular weight is 339 g/mol. The molecule has 0 aliphatic carbocycles. The lowest BCUT2D eigenvalue weighted by molar-refractivity contribution is -0.138. The number of aryl methyl sites for hydroxylation is 1. The van der Waals surface area contributed by atoms with Crippen LogP contribution < -0.4 is 11.1 Å². The summed E-state index contributed by atoms with van der Waals surface area (Å²) in [6.45, 7) is 0. The maximum absolute atomic E-state index is 12.1. The molecule has 1 aliphatic rings. The predicted octanol–water partition coefficient (Wildman–Crippen LogP) is 1.41. The van der Waals surface area contributed by atoms with E-state index in [0.29, 0.717) is 23.9 Å². The van der Waals surface area contributed by atoms with Gasteiger partial charge in [0.15, 0.2) is 0 Å². The van der Waals surface area contributed by atoms with Crippen LogP contribution in [0.5, 0.6) is 0 Å². The molecule has 7 heteroatoms. The highest BCUT2D eigenvalue weighted by Gasteiger charge is 2.26. The van der Waals surface area contributed by atoms with Gasteiger partial charge in [-0.1, -0.05) is 15.9 Å². The number of rotatable bonds is 2. The highest BCUT2D eigenvalue weighted by Crippen LogP contribution is 2.31. The van der Waals surface area contributed by atoms with Crippen molar-refractivity contribution in [3.05, 3.63) is 42.9 Å². The van der Waals surface area contributed by atoms with Crippen LogP contribution in [0.15, 0.2) is 26.2 Å². The fourth-order valence-corrected chi connectivity index (χ4v) is 3.31. The van der Waals surface area contributed by atoms with Crippen LogP contribution in [0, 0.1) is 0 Å². The number of nitrogens with one attached hydrogen (secondary N) is 1. The number of aromatic amines is 1. The number of carboxylic acids is 1. The van der Waals surface area contributed by atoms with E-state index in [1.54, 1.807) is 6.07 Å². The number of H-pyrrole nitrogens is 1.